The summed E-state index contributed by atoms with van der Waals surface area (Å²) in [5.74, 6) is 2.92. The minimum Gasteiger partial charge on any atom is -0.392 e. The monoisotopic (exact) mass is 282 g/mol. The fourth-order valence-electron chi connectivity index (χ4n) is 4.10. The minimum atomic E-state index is -0.124. The fraction of sp³-hybridized carbons (Fsp3) is 1.00. The number of aliphatic hydroxyl groups is 1. The molecule has 5 unspecified atom stereocenters. The van der Waals surface area contributed by atoms with Gasteiger partial charge in [0, 0.05) is 19.1 Å². The van der Waals surface area contributed by atoms with E-state index in [-0.39, 0.29) is 6.10 Å². The Morgan fingerprint density at radius 3 is 2.60 bits per heavy atom. The van der Waals surface area contributed by atoms with Crippen molar-refractivity contribution in [2.45, 2.75) is 58.6 Å². The lowest BCUT2D eigenvalue weighted by Crippen LogP contribution is -2.49. The SMILES string of the molecule is CNC1CCC(C(C)C)CC1CN1CCC(C)C(O)C1. The van der Waals surface area contributed by atoms with E-state index in [1.54, 1.807) is 0 Å². The summed E-state index contributed by atoms with van der Waals surface area (Å²) in [6.45, 7) is 10.1. The summed E-state index contributed by atoms with van der Waals surface area (Å²) in [7, 11) is 2.11. The second-order valence-corrected chi connectivity index (χ2v) is 7.57. The van der Waals surface area contributed by atoms with Crippen LogP contribution in [0.15, 0.2) is 0 Å². The van der Waals surface area contributed by atoms with Gasteiger partial charge in [0.25, 0.3) is 0 Å². The smallest absolute Gasteiger partial charge is 0.0693 e. The van der Waals surface area contributed by atoms with Gasteiger partial charge in [0.05, 0.1) is 6.10 Å². The molecule has 1 heterocycles. The van der Waals surface area contributed by atoms with Crippen LogP contribution in [0.1, 0.15) is 46.5 Å². The number of aliphatic hydroxyl groups excluding tert-OH is 1. The van der Waals surface area contributed by atoms with Crippen LogP contribution in [0, 0.1) is 23.7 Å². The molecule has 2 N–H and O–H groups in total. The molecule has 2 aliphatic rings. The zero-order chi connectivity index (χ0) is 14.7. The fourth-order valence-corrected chi connectivity index (χ4v) is 4.10. The molecule has 20 heavy (non-hydrogen) atoms. The van der Waals surface area contributed by atoms with Gasteiger partial charge in [-0.2, -0.15) is 0 Å². The quantitative estimate of drug-likeness (QED) is 0.831. The van der Waals surface area contributed by atoms with Gasteiger partial charge in [0.15, 0.2) is 0 Å². The van der Waals surface area contributed by atoms with Crippen LogP contribution in [0.25, 0.3) is 0 Å². The summed E-state index contributed by atoms with van der Waals surface area (Å²) in [4.78, 5) is 2.50. The van der Waals surface area contributed by atoms with Gasteiger partial charge in [-0.05, 0) is 62.9 Å². The molecular formula is C17H34N2O. The molecule has 1 saturated carbocycles. The Labute approximate surface area is 125 Å². The molecule has 3 nitrogen and oxygen atoms in total. The molecule has 0 aromatic heterocycles. The molecule has 0 amide bonds. The lowest BCUT2D eigenvalue weighted by molar-refractivity contribution is 0.0136. The van der Waals surface area contributed by atoms with Gasteiger partial charge in [-0.15, -0.1) is 0 Å². The second-order valence-electron chi connectivity index (χ2n) is 7.57. The van der Waals surface area contributed by atoms with E-state index >= 15 is 0 Å². The van der Waals surface area contributed by atoms with Gasteiger partial charge < -0.3 is 15.3 Å². The normalized spacial score (nSPS) is 40.2. The molecule has 0 radical (unpaired) electrons. The topological polar surface area (TPSA) is 35.5 Å². The molecule has 1 aliphatic heterocycles. The Kier molecular flexibility index (Phi) is 5.88. The Morgan fingerprint density at radius 1 is 1.25 bits per heavy atom. The molecule has 0 aromatic rings. The van der Waals surface area contributed by atoms with E-state index in [0.29, 0.717) is 12.0 Å². The zero-order valence-corrected chi connectivity index (χ0v) is 13.8. The first-order valence-corrected chi connectivity index (χ1v) is 8.59. The highest BCUT2D eigenvalue weighted by molar-refractivity contribution is 4.88. The van der Waals surface area contributed by atoms with Gasteiger partial charge in [0.2, 0.25) is 0 Å². The van der Waals surface area contributed by atoms with Gasteiger partial charge in [-0.3, -0.25) is 0 Å². The van der Waals surface area contributed by atoms with Crippen molar-refractivity contribution in [3.05, 3.63) is 0 Å². The average molecular weight is 282 g/mol. The van der Waals surface area contributed by atoms with E-state index in [9.17, 15) is 5.11 Å². The maximum Gasteiger partial charge on any atom is 0.0693 e. The molecule has 118 valence electrons. The summed E-state index contributed by atoms with van der Waals surface area (Å²) < 4.78 is 0. The number of β-amino-alcohol motifs (C(OH)–C–C–N with tert-alkyl or cyclic N) is 1. The number of likely N-dealkylation sites (tertiary alicyclic amines) is 1. The Morgan fingerprint density at radius 2 is 2.00 bits per heavy atom. The number of piperidine rings is 1. The van der Waals surface area contributed by atoms with Crippen LogP contribution in [0.2, 0.25) is 0 Å². The van der Waals surface area contributed by atoms with Gasteiger partial charge in [0.1, 0.15) is 0 Å². The highest BCUT2D eigenvalue weighted by atomic mass is 16.3. The number of rotatable bonds is 4. The van der Waals surface area contributed by atoms with Crippen LogP contribution in [0.4, 0.5) is 0 Å². The van der Waals surface area contributed by atoms with E-state index in [1.165, 1.54) is 25.8 Å². The van der Waals surface area contributed by atoms with Crippen LogP contribution in [-0.2, 0) is 0 Å². The average Bonchev–Trinajstić information content (AvgIpc) is 2.42. The summed E-state index contributed by atoms with van der Waals surface area (Å²) >= 11 is 0. The van der Waals surface area contributed by atoms with Gasteiger partial charge in [-0.25, -0.2) is 0 Å². The molecule has 2 fully saturated rings. The van der Waals surface area contributed by atoms with Crippen LogP contribution in [0.3, 0.4) is 0 Å². The van der Waals surface area contributed by atoms with Crippen molar-refractivity contribution in [2.24, 2.45) is 23.7 Å². The van der Waals surface area contributed by atoms with Crippen molar-refractivity contribution in [1.29, 1.82) is 0 Å². The largest absolute Gasteiger partial charge is 0.392 e. The van der Waals surface area contributed by atoms with Crippen molar-refractivity contribution in [3.8, 4) is 0 Å². The summed E-state index contributed by atoms with van der Waals surface area (Å²) in [6.07, 6.45) is 5.06. The highest BCUT2D eigenvalue weighted by Gasteiger charge is 2.33. The summed E-state index contributed by atoms with van der Waals surface area (Å²) in [5, 5.41) is 13.6. The minimum absolute atomic E-state index is 0.124. The molecule has 2 rings (SSSR count). The molecule has 5 atom stereocenters. The number of nitrogens with zero attached hydrogens (tertiary/aromatic N) is 1. The first-order chi connectivity index (χ1) is 9.51. The van der Waals surface area contributed by atoms with Crippen molar-refractivity contribution in [2.75, 3.05) is 26.7 Å². The molecule has 1 saturated heterocycles. The zero-order valence-electron chi connectivity index (χ0n) is 13.8. The van der Waals surface area contributed by atoms with E-state index in [0.717, 1.165) is 37.3 Å². The molecular weight excluding hydrogens is 248 g/mol. The van der Waals surface area contributed by atoms with Crippen molar-refractivity contribution in [1.82, 2.24) is 10.2 Å². The molecule has 3 heteroatoms. The molecule has 0 aromatic carbocycles. The van der Waals surface area contributed by atoms with Crippen LogP contribution >= 0.6 is 0 Å². The van der Waals surface area contributed by atoms with E-state index in [2.05, 4.69) is 38.0 Å². The predicted octanol–water partition coefficient (Wildman–Crippen LogP) is 2.35. The highest BCUT2D eigenvalue weighted by Crippen LogP contribution is 2.34. The van der Waals surface area contributed by atoms with E-state index in [4.69, 9.17) is 0 Å². The first-order valence-electron chi connectivity index (χ1n) is 8.59. The van der Waals surface area contributed by atoms with Crippen molar-refractivity contribution >= 4 is 0 Å². The van der Waals surface area contributed by atoms with E-state index in [1.807, 2.05) is 0 Å². The third-order valence-electron chi connectivity index (χ3n) is 5.83. The third kappa shape index (κ3) is 3.96. The maximum absolute atomic E-state index is 10.1. The Bertz CT molecular complexity index is 295. The predicted molar refractivity (Wildman–Crippen MR) is 84.7 cm³/mol. The molecule has 0 spiro atoms. The van der Waals surface area contributed by atoms with Crippen molar-refractivity contribution in [3.63, 3.8) is 0 Å². The first kappa shape index (κ1) is 16.3. The third-order valence-corrected chi connectivity index (χ3v) is 5.83. The molecule has 1 aliphatic carbocycles. The number of hydrogen-bond donors (Lipinski definition) is 2. The van der Waals surface area contributed by atoms with Gasteiger partial charge in [-0.1, -0.05) is 20.8 Å². The van der Waals surface area contributed by atoms with Crippen molar-refractivity contribution < 1.29 is 5.11 Å². The lowest BCUT2D eigenvalue weighted by atomic mass is 9.73. The standard InChI is InChI=1S/C17H34N2O/c1-12(2)14-5-6-16(18-4)15(9-14)10-19-8-7-13(3)17(20)11-19/h12-18,20H,5-11H2,1-4H3. The van der Waals surface area contributed by atoms with Gasteiger partial charge >= 0.3 is 0 Å². The number of hydrogen-bond acceptors (Lipinski definition) is 3. The van der Waals surface area contributed by atoms with Crippen LogP contribution < -0.4 is 5.32 Å². The summed E-state index contributed by atoms with van der Waals surface area (Å²) in [5.41, 5.74) is 0. The molecule has 0 bridgehead atoms. The number of nitrogens with one attached hydrogen (secondary N) is 1. The Hall–Kier alpha value is -0.120. The maximum atomic E-state index is 10.1. The Balaban J connectivity index is 1.91. The lowest BCUT2D eigenvalue weighted by Gasteiger charge is -2.42. The van der Waals surface area contributed by atoms with Crippen LogP contribution in [0.5, 0.6) is 0 Å². The summed E-state index contributed by atoms with van der Waals surface area (Å²) in [6, 6.07) is 0.668. The van der Waals surface area contributed by atoms with E-state index < -0.39 is 0 Å². The van der Waals surface area contributed by atoms with Crippen LogP contribution in [-0.4, -0.2) is 48.8 Å². The second kappa shape index (κ2) is 7.24.